The van der Waals surface area contributed by atoms with Crippen LogP contribution in [-0.4, -0.2) is 134 Å². The van der Waals surface area contributed by atoms with Crippen LogP contribution >= 0.6 is 0 Å². The second kappa shape index (κ2) is 28.9. The van der Waals surface area contributed by atoms with Gasteiger partial charge in [-0.2, -0.15) is 0 Å². The van der Waals surface area contributed by atoms with Crippen molar-refractivity contribution in [2.45, 2.75) is 245 Å². The lowest BCUT2D eigenvalue weighted by Gasteiger charge is -2.71. The van der Waals surface area contributed by atoms with Gasteiger partial charge in [0.1, 0.15) is 5.75 Å². The highest BCUT2D eigenvalue weighted by Crippen LogP contribution is 2.80. The number of ketones is 2. The molecule has 13 rings (SSSR count). The van der Waals surface area contributed by atoms with Crippen LogP contribution in [0.5, 0.6) is 5.75 Å². The van der Waals surface area contributed by atoms with Gasteiger partial charge in [0.15, 0.2) is 11.6 Å². The second-order valence-corrected chi connectivity index (χ2v) is 39.6. The topological polar surface area (TPSA) is 160 Å². The van der Waals surface area contributed by atoms with Crippen molar-refractivity contribution in [1.29, 1.82) is 0 Å². The highest BCUT2D eigenvalue weighted by atomic mass is 16.5. The maximum absolute atomic E-state index is 14.4. The molecule has 4 N–H and O–H groups in total. The van der Waals surface area contributed by atoms with Crippen LogP contribution in [-0.2, 0) is 25.7 Å². The SMILES string of the molecule is CC(C)C1=C2[C@H]3CC[C@@H]4[C@@]5(C)CC=C(c6ccc(OC=O)cc6)C(C)(C)[C@@H]5CC[C@@]4(C)[C@]3(C)CC[C@@]2(C(O)CNCCN(C)C)CC1=O.Cc1ccc(CN(CCN(C)C)CC(O)[C@@]23CC[C@]4(C)[C@H](CC[C@@H]5[C@@]6(C)CC=C(C7=CCC(C(=O)O)CC7)C(C)(C)[C@@H]6CC[C@]54C)C2=C(C(C)C)C(=O)C3)cc1. The summed E-state index contributed by atoms with van der Waals surface area (Å²) in [7, 11) is 8.38. The average Bonchev–Trinajstić information content (AvgIpc) is 1.04. The Kier molecular flexibility index (Phi) is 21.9. The van der Waals surface area contributed by atoms with E-state index in [2.05, 4.69) is 207 Å². The number of nitrogens with one attached hydrogen (secondary N) is 1. The number of nitrogens with zero attached hydrogens (tertiary/aromatic N) is 3. The van der Waals surface area contributed by atoms with Crippen LogP contribution in [0.4, 0.5) is 0 Å². The number of hydrogen-bond acceptors (Lipinski definition) is 11. The molecular weight excluding hydrogens is 1290 g/mol. The van der Waals surface area contributed by atoms with Crippen molar-refractivity contribution >= 4 is 29.6 Å². The molecule has 0 aromatic heterocycles. The van der Waals surface area contributed by atoms with Crippen LogP contribution in [0.2, 0.25) is 0 Å². The Bertz CT molecular complexity index is 3740. The molecule has 0 radical (unpaired) electrons. The first-order chi connectivity index (χ1) is 48.8. The highest BCUT2D eigenvalue weighted by Gasteiger charge is 2.73. The highest BCUT2D eigenvalue weighted by molar-refractivity contribution is 6.01. The Morgan fingerprint density at radius 1 is 0.587 bits per heavy atom. The third-order valence-electron chi connectivity index (χ3n) is 32.8. The van der Waals surface area contributed by atoms with E-state index in [0.717, 1.165) is 108 Å². The lowest BCUT2D eigenvalue weighted by Crippen LogP contribution is -2.65. The van der Waals surface area contributed by atoms with Crippen molar-refractivity contribution < 1.29 is 39.2 Å². The number of carbonyl (C=O) groups excluding carboxylic acids is 3. The Hall–Kier alpha value is -4.82. The molecule has 572 valence electrons. The van der Waals surface area contributed by atoms with Gasteiger partial charge in [0.05, 0.1) is 18.1 Å². The van der Waals surface area contributed by atoms with E-state index in [1.54, 1.807) is 0 Å². The number of allylic oxidation sites excluding steroid dienone is 8. The minimum Gasteiger partial charge on any atom is -0.481 e. The number of likely N-dealkylation sites (N-methyl/N-ethyl adjacent to an activating group) is 2. The Labute approximate surface area is 627 Å². The number of ether oxygens (including phenoxy) is 1. The third kappa shape index (κ3) is 12.9. The molecule has 104 heavy (non-hydrogen) atoms. The van der Waals surface area contributed by atoms with Gasteiger partial charge in [-0.1, -0.05) is 168 Å². The molecule has 0 spiro atoms. The largest absolute Gasteiger partial charge is 0.481 e. The third-order valence-corrected chi connectivity index (χ3v) is 32.8. The van der Waals surface area contributed by atoms with E-state index < -0.39 is 29.0 Å². The van der Waals surface area contributed by atoms with Gasteiger partial charge in [0, 0.05) is 69.5 Å². The minimum atomic E-state index is -0.659. The van der Waals surface area contributed by atoms with Gasteiger partial charge < -0.3 is 35.2 Å². The van der Waals surface area contributed by atoms with Gasteiger partial charge in [-0.25, -0.2) is 0 Å². The van der Waals surface area contributed by atoms with E-state index in [1.807, 2.05) is 12.1 Å². The van der Waals surface area contributed by atoms with Gasteiger partial charge in [-0.3, -0.25) is 24.1 Å². The first-order valence-electron chi connectivity index (χ1n) is 41.1. The maximum atomic E-state index is 14.4. The molecule has 6 saturated carbocycles. The number of carbonyl (C=O) groups is 4. The van der Waals surface area contributed by atoms with Crippen LogP contribution in [0, 0.1) is 114 Å². The van der Waals surface area contributed by atoms with Gasteiger partial charge in [0.2, 0.25) is 0 Å². The lowest BCUT2D eigenvalue weighted by molar-refractivity contribution is -0.202. The molecular formula is C92H136N4O8. The van der Waals surface area contributed by atoms with Crippen molar-refractivity contribution in [3.8, 4) is 5.75 Å². The summed E-state index contributed by atoms with van der Waals surface area (Å²) in [5.41, 5.74) is 12.7. The summed E-state index contributed by atoms with van der Waals surface area (Å²) >= 11 is 0. The lowest BCUT2D eigenvalue weighted by atomic mass is 9.33. The maximum Gasteiger partial charge on any atom is 0.306 e. The number of aryl methyl sites for hydroxylation is 1. The van der Waals surface area contributed by atoms with Gasteiger partial charge in [-0.15, -0.1) is 0 Å². The van der Waals surface area contributed by atoms with Crippen molar-refractivity contribution in [3.05, 3.63) is 117 Å². The number of aliphatic hydroxyl groups excluding tert-OH is 2. The van der Waals surface area contributed by atoms with E-state index in [1.165, 1.54) is 83.1 Å². The molecule has 0 amide bonds. The predicted octanol–water partition coefficient (Wildman–Crippen LogP) is 17.8. The summed E-state index contributed by atoms with van der Waals surface area (Å²) < 4.78 is 5.09. The Balaban J connectivity index is 0.000000198. The van der Waals surface area contributed by atoms with Crippen LogP contribution < -0.4 is 10.1 Å². The van der Waals surface area contributed by atoms with E-state index in [4.69, 9.17) is 4.74 Å². The van der Waals surface area contributed by atoms with Crippen molar-refractivity contribution in [2.75, 3.05) is 67.5 Å². The van der Waals surface area contributed by atoms with Gasteiger partial charge in [0.25, 0.3) is 6.47 Å². The fourth-order valence-electron chi connectivity index (χ4n) is 27.2. The molecule has 3 unspecified atom stereocenters. The van der Waals surface area contributed by atoms with E-state index in [-0.39, 0.29) is 72.6 Å². The van der Waals surface area contributed by atoms with Crippen LogP contribution in [0.25, 0.3) is 5.57 Å². The predicted molar refractivity (Wildman–Crippen MR) is 420 cm³/mol. The fourth-order valence-corrected chi connectivity index (χ4v) is 27.2. The Morgan fingerprint density at radius 2 is 1.09 bits per heavy atom. The van der Waals surface area contributed by atoms with Crippen molar-refractivity contribution in [1.82, 2.24) is 20.0 Å². The van der Waals surface area contributed by atoms with Crippen LogP contribution in [0.15, 0.2) is 100 Å². The molecule has 0 aliphatic heterocycles. The fraction of sp³-hybridized carbons (Fsp3) is 0.717. The Morgan fingerprint density at radius 3 is 1.56 bits per heavy atom. The minimum absolute atomic E-state index is 0.00966. The standard InChI is InChI=1S/C50H74N2O4.C42H62N2O4/c1-32(2)43-39(53)29-50(42(54)31-52(28-27-51(9)10)30-34-13-11-33(3)12-14-34)26-25-48(7)38(44(43)50)19-20-41-47(6)23-21-37(35-15-17-36(18-16-35)45(55)56)46(4,5)40(47)22-24-49(41,48)8;1-27(2)36-32(46)24-42(35(47)25-43-22-23-44(8)9)21-20-40(6)31(37(36)42)14-15-34-39(5)18-16-30(28-10-12-29(13-11-28)48-26-45)38(3,4)33(39)17-19-41(34,40)7/h11-15,21,32,36,38,40-42,54H,16-20,22-31H2,1-10H3,(H,55,56);10-13,16,26-27,31,33-35,43,47H,14-15,17-25H2,1-9H3/t36?,38-,40+,41-,42?,47+,48-,49-,50+;31-,33+,34-,35?,39+,40-,41-,42+/m11/s1. The van der Waals surface area contributed by atoms with Crippen molar-refractivity contribution in [3.63, 3.8) is 0 Å². The quantitative estimate of drug-likeness (QED) is 0.0693. The van der Waals surface area contributed by atoms with Gasteiger partial charge in [-0.05, 0) is 286 Å². The van der Waals surface area contributed by atoms with Crippen LogP contribution in [0.1, 0.15) is 236 Å². The number of aliphatic hydroxyl groups is 2. The number of hydrogen-bond donors (Lipinski definition) is 4. The van der Waals surface area contributed by atoms with Gasteiger partial charge >= 0.3 is 5.97 Å². The summed E-state index contributed by atoms with van der Waals surface area (Å²) in [4.78, 5) is 57.7. The molecule has 11 aliphatic carbocycles. The molecule has 0 saturated heterocycles. The molecule has 11 aliphatic rings. The smallest absolute Gasteiger partial charge is 0.306 e. The summed E-state index contributed by atoms with van der Waals surface area (Å²) in [6.45, 7) is 42.5. The number of fused-ring (bicyclic) bond motifs is 14. The number of carboxylic acids is 1. The zero-order chi connectivity index (χ0) is 75.5. The molecule has 12 heteroatoms. The molecule has 12 nitrogen and oxygen atoms in total. The molecule has 17 atom stereocenters. The number of benzene rings is 2. The number of rotatable bonds is 21. The number of carboxylic acid groups (broad SMARTS) is 1. The zero-order valence-corrected chi connectivity index (χ0v) is 67.9. The van der Waals surface area contributed by atoms with Crippen LogP contribution in [0.3, 0.4) is 0 Å². The van der Waals surface area contributed by atoms with E-state index in [0.29, 0.717) is 80.1 Å². The zero-order valence-electron chi connectivity index (χ0n) is 67.9. The molecule has 6 fully saturated rings. The van der Waals surface area contributed by atoms with E-state index >= 15 is 0 Å². The monoisotopic (exact) mass is 1430 g/mol. The van der Waals surface area contributed by atoms with E-state index in [9.17, 15) is 34.5 Å². The molecule has 2 aromatic carbocycles. The van der Waals surface area contributed by atoms with Crippen molar-refractivity contribution in [2.24, 2.45) is 107 Å². The normalized spacial score (nSPS) is 37.4. The summed E-state index contributed by atoms with van der Waals surface area (Å²) in [5.74, 6) is 3.51. The summed E-state index contributed by atoms with van der Waals surface area (Å²) in [5, 5.41) is 37.9. The number of aliphatic carboxylic acids is 1. The molecule has 0 bridgehead atoms. The summed E-state index contributed by atoms with van der Waals surface area (Å²) in [6, 6.07) is 16.8. The summed E-state index contributed by atoms with van der Waals surface area (Å²) in [6.07, 6.45) is 24.8. The average molecular weight is 1430 g/mol. The first kappa shape index (κ1) is 78.8. The second-order valence-electron chi connectivity index (χ2n) is 39.6. The number of Topliss-reactive ketones (excluding diaryl/α,β-unsaturated/α-hetero) is 2. The molecule has 0 heterocycles. The first-order valence-corrected chi connectivity index (χ1v) is 41.1. The molecule has 2 aromatic rings.